The van der Waals surface area contributed by atoms with E-state index in [2.05, 4.69) is 4.72 Å². The number of hydrogen-bond donors (Lipinski definition) is 1. The van der Waals surface area contributed by atoms with Crippen LogP contribution in [0.4, 0.5) is 0 Å². The number of carbonyl (C=O) groups is 2. The molecule has 0 saturated carbocycles. The highest BCUT2D eigenvalue weighted by Gasteiger charge is 2.35. The van der Waals surface area contributed by atoms with Gasteiger partial charge in [-0.05, 0) is 42.8 Å². The zero-order valence-corrected chi connectivity index (χ0v) is 17.8. The third-order valence-electron chi connectivity index (χ3n) is 4.44. The molecule has 30 heavy (non-hydrogen) atoms. The average Bonchev–Trinajstić information content (AvgIpc) is 3.03. The molecular formula is C20H20ClNO7S. The quantitative estimate of drug-likeness (QED) is 0.642. The lowest BCUT2D eigenvalue weighted by Crippen LogP contribution is -2.25. The van der Waals surface area contributed by atoms with Crippen LogP contribution in [0.5, 0.6) is 5.75 Å². The zero-order chi connectivity index (χ0) is 21.9. The van der Waals surface area contributed by atoms with Crippen LogP contribution in [0.2, 0.25) is 5.02 Å². The molecule has 1 N–H and O–H groups in total. The summed E-state index contributed by atoms with van der Waals surface area (Å²) in [7, 11) is -2.70. The molecule has 10 heteroatoms. The summed E-state index contributed by atoms with van der Waals surface area (Å²) in [5.41, 5.74) is 0.668. The molecule has 2 atom stereocenters. The Morgan fingerprint density at radius 1 is 1.23 bits per heavy atom. The summed E-state index contributed by atoms with van der Waals surface area (Å²) in [6.45, 7) is 1.71. The van der Waals surface area contributed by atoms with E-state index in [4.69, 9.17) is 25.8 Å². The zero-order valence-electron chi connectivity index (χ0n) is 16.3. The van der Waals surface area contributed by atoms with Crippen molar-refractivity contribution in [2.45, 2.75) is 37.0 Å². The number of methoxy groups -OCH3 is 1. The summed E-state index contributed by atoms with van der Waals surface area (Å²) in [6.07, 6.45) is -1.12. The number of esters is 2. The summed E-state index contributed by atoms with van der Waals surface area (Å²) in [4.78, 5) is 23.9. The summed E-state index contributed by atoms with van der Waals surface area (Å²) in [5.74, 6) is -1.39. The van der Waals surface area contributed by atoms with Crippen LogP contribution in [0, 0.1) is 0 Å². The number of rotatable bonds is 7. The fourth-order valence-electron chi connectivity index (χ4n) is 2.89. The molecule has 0 radical (unpaired) electrons. The van der Waals surface area contributed by atoms with Gasteiger partial charge in [-0.2, -0.15) is 0 Å². The van der Waals surface area contributed by atoms with Crippen molar-refractivity contribution in [1.82, 2.24) is 4.72 Å². The van der Waals surface area contributed by atoms with Crippen LogP contribution in [-0.2, 0) is 30.8 Å². The second-order valence-corrected chi connectivity index (χ2v) is 8.87. The van der Waals surface area contributed by atoms with Crippen LogP contribution in [0.15, 0.2) is 47.4 Å². The fraction of sp³-hybridized carbons (Fsp3) is 0.300. The summed E-state index contributed by atoms with van der Waals surface area (Å²) in [5, 5.41) is 0.537. The van der Waals surface area contributed by atoms with Crippen LogP contribution >= 0.6 is 11.6 Å². The predicted octanol–water partition coefficient (Wildman–Crippen LogP) is 2.69. The lowest BCUT2D eigenvalue weighted by Gasteiger charge is -2.13. The molecule has 2 aromatic carbocycles. The molecule has 0 aromatic heterocycles. The van der Waals surface area contributed by atoms with E-state index in [0.717, 1.165) is 6.07 Å². The molecule has 0 amide bonds. The highest BCUT2D eigenvalue weighted by Crippen LogP contribution is 2.26. The van der Waals surface area contributed by atoms with Gasteiger partial charge in [-0.3, -0.25) is 0 Å². The summed E-state index contributed by atoms with van der Waals surface area (Å²) in [6, 6.07) is 10.5. The van der Waals surface area contributed by atoms with Gasteiger partial charge in [-0.15, -0.1) is 0 Å². The fourth-order valence-corrected chi connectivity index (χ4v) is 4.22. The van der Waals surface area contributed by atoms with Crippen molar-refractivity contribution in [2.75, 3.05) is 7.11 Å². The Kier molecular flexibility index (Phi) is 6.64. The second-order valence-electron chi connectivity index (χ2n) is 6.69. The molecule has 0 aliphatic carbocycles. The topological polar surface area (TPSA) is 108 Å². The van der Waals surface area contributed by atoms with Crippen molar-refractivity contribution in [1.29, 1.82) is 0 Å². The third kappa shape index (κ3) is 5.10. The Morgan fingerprint density at radius 2 is 1.93 bits per heavy atom. The van der Waals surface area contributed by atoms with Crippen LogP contribution < -0.4 is 9.46 Å². The predicted molar refractivity (Wildman–Crippen MR) is 108 cm³/mol. The minimum Gasteiger partial charge on any atom is -0.495 e. The van der Waals surface area contributed by atoms with Crippen molar-refractivity contribution in [3.05, 3.63) is 58.6 Å². The largest absolute Gasteiger partial charge is 0.495 e. The van der Waals surface area contributed by atoms with E-state index in [1.807, 2.05) is 0 Å². The standard InChI is InChI=1S/C20H20ClNO7S/c1-12-9-17(20(24)28-12)29-19(23)14-5-8-16(27-2)18(10-14)30(25,26)22-11-13-3-6-15(21)7-4-13/h3-8,10,12,17,22H,9,11H2,1-2H3. The van der Waals surface area contributed by atoms with E-state index in [0.29, 0.717) is 10.6 Å². The Bertz CT molecular complexity index is 1050. The number of halogens is 1. The smallest absolute Gasteiger partial charge is 0.347 e. The maximum absolute atomic E-state index is 12.8. The number of benzene rings is 2. The van der Waals surface area contributed by atoms with Crippen molar-refractivity contribution in [3.8, 4) is 5.75 Å². The molecular weight excluding hydrogens is 434 g/mol. The number of cyclic esters (lactones) is 1. The molecule has 3 rings (SSSR count). The number of carbonyl (C=O) groups excluding carboxylic acids is 2. The van der Waals surface area contributed by atoms with Gasteiger partial charge in [-0.1, -0.05) is 23.7 Å². The van der Waals surface area contributed by atoms with Crippen LogP contribution in [0.3, 0.4) is 0 Å². The molecule has 8 nitrogen and oxygen atoms in total. The Morgan fingerprint density at radius 3 is 2.53 bits per heavy atom. The molecule has 1 aliphatic heterocycles. The number of sulfonamides is 1. The van der Waals surface area contributed by atoms with Gasteiger partial charge in [0.15, 0.2) is 0 Å². The van der Waals surface area contributed by atoms with E-state index >= 15 is 0 Å². The van der Waals surface area contributed by atoms with Gasteiger partial charge in [0.05, 0.1) is 12.7 Å². The maximum Gasteiger partial charge on any atom is 0.347 e. The first-order chi connectivity index (χ1) is 14.2. The van der Waals surface area contributed by atoms with Crippen LogP contribution in [0.1, 0.15) is 29.3 Å². The van der Waals surface area contributed by atoms with E-state index in [1.165, 1.54) is 19.2 Å². The summed E-state index contributed by atoms with van der Waals surface area (Å²) >= 11 is 5.83. The number of hydrogen-bond acceptors (Lipinski definition) is 7. The van der Waals surface area contributed by atoms with Gasteiger partial charge in [0.2, 0.25) is 16.1 Å². The minimum absolute atomic E-state index is 0.0170. The van der Waals surface area contributed by atoms with Crippen LogP contribution in [0.25, 0.3) is 0 Å². The second kappa shape index (κ2) is 9.03. The van der Waals surface area contributed by atoms with Crippen molar-refractivity contribution in [2.24, 2.45) is 0 Å². The molecule has 1 saturated heterocycles. The highest BCUT2D eigenvalue weighted by atomic mass is 35.5. The highest BCUT2D eigenvalue weighted by molar-refractivity contribution is 7.89. The molecule has 1 fully saturated rings. The Balaban J connectivity index is 1.80. The lowest BCUT2D eigenvalue weighted by molar-refractivity contribution is -0.147. The van der Waals surface area contributed by atoms with Gasteiger partial charge in [0, 0.05) is 18.0 Å². The van der Waals surface area contributed by atoms with Gasteiger partial charge in [0.1, 0.15) is 16.7 Å². The first-order valence-electron chi connectivity index (χ1n) is 9.03. The molecule has 1 aliphatic rings. The molecule has 1 heterocycles. The van der Waals surface area contributed by atoms with E-state index in [-0.39, 0.29) is 35.3 Å². The average molecular weight is 454 g/mol. The molecule has 0 bridgehead atoms. The summed E-state index contributed by atoms with van der Waals surface area (Å²) < 4.78 is 43.4. The first-order valence-corrected chi connectivity index (χ1v) is 10.9. The van der Waals surface area contributed by atoms with Crippen molar-refractivity contribution < 1.29 is 32.2 Å². The van der Waals surface area contributed by atoms with Crippen LogP contribution in [-0.4, -0.2) is 39.7 Å². The Hall–Kier alpha value is -2.62. The van der Waals surface area contributed by atoms with Gasteiger partial charge in [0.25, 0.3) is 0 Å². The third-order valence-corrected chi connectivity index (χ3v) is 6.12. The van der Waals surface area contributed by atoms with Gasteiger partial charge in [-0.25, -0.2) is 22.7 Å². The van der Waals surface area contributed by atoms with Crippen molar-refractivity contribution >= 4 is 33.6 Å². The van der Waals surface area contributed by atoms with E-state index in [1.54, 1.807) is 31.2 Å². The van der Waals surface area contributed by atoms with Crippen molar-refractivity contribution in [3.63, 3.8) is 0 Å². The van der Waals surface area contributed by atoms with Gasteiger partial charge < -0.3 is 14.2 Å². The lowest BCUT2D eigenvalue weighted by atomic mass is 10.2. The maximum atomic E-state index is 12.8. The minimum atomic E-state index is -4.02. The normalized spacial score (nSPS) is 18.7. The number of nitrogens with one attached hydrogen (secondary N) is 1. The molecule has 2 aromatic rings. The number of ether oxygens (including phenoxy) is 3. The molecule has 0 spiro atoms. The first kappa shape index (κ1) is 22.1. The van der Waals surface area contributed by atoms with E-state index < -0.39 is 28.1 Å². The monoisotopic (exact) mass is 453 g/mol. The molecule has 2 unspecified atom stereocenters. The SMILES string of the molecule is COc1ccc(C(=O)OC2CC(C)OC2=O)cc1S(=O)(=O)NCc1ccc(Cl)cc1. The van der Waals surface area contributed by atoms with Gasteiger partial charge >= 0.3 is 11.9 Å². The van der Waals surface area contributed by atoms with E-state index in [9.17, 15) is 18.0 Å². The Labute approximate surface area is 179 Å². The molecule has 160 valence electrons.